The normalized spacial score (nSPS) is 14.8. The zero-order valence-electron chi connectivity index (χ0n) is 16.7. The van der Waals surface area contributed by atoms with Crippen molar-refractivity contribution in [3.63, 3.8) is 0 Å². The summed E-state index contributed by atoms with van der Waals surface area (Å²) in [5.74, 6) is 1.07. The minimum atomic E-state index is 0.118. The number of hydrogen-bond acceptors (Lipinski definition) is 6. The smallest absolute Gasteiger partial charge is 0.233 e. The molecule has 0 bridgehead atoms. The second-order valence-electron chi connectivity index (χ2n) is 6.94. The van der Waals surface area contributed by atoms with Gasteiger partial charge < -0.3 is 9.80 Å². The first-order valence-corrected chi connectivity index (χ1v) is 11.3. The van der Waals surface area contributed by atoms with E-state index >= 15 is 0 Å². The van der Waals surface area contributed by atoms with Gasteiger partial charge in [-0.2, -0.15) is 0 Å². The molecular formula is C21H23ClN6OS. The molecule has 30 heavy (non-hydrogen) atoms. The summed E-state index contributed by atoms with van der Waals surface area (Å²) in [6.07, 6.45) is 3.45. The number of hydrogen-bond donors (Lipinski definition) is 0. The lowest BCUT2D eigenvalue weighted by atomic mass is 10.2. The molecule has 0 atom stereocenters. The standard InChI is InChI=1S/C21H23ClN6OS/c1-2-26-10-12-27(13-11-26)19(29)15-30-21-25-24-20(16-6-5-9-23-14-16)28(21)18-8-4-3-7-17(18)22/h3-9,14H,2,10-13,15H2,1H3. The number of carbonyl (C=O) groups is 1. The van der Waals surface area contributed by atoms with Gasteiger partial charge in [0.25, 0.3) is 0 Å². The number of thioether (sulfide) groups is 1. The van der Waals surface area contributed by atoms with Gasteiger partial charge in [-0.1, -0.05) is 42.4 Å². The highest BCUT2D eigenvalue weighted by Crippen LogP contribution is 2.31. The SMILES string of the molecule is CCN1CCN(C(=O)CSc2nnc(-c3cccnc3)n2-c2ccccc2Cl)CC1. The van der Waals surface area contributed by atoms with Crippen molar-refractivity contribution >= 4 is 29.3 Å². The fourth-order valence-electron chi connectivity index (χ4n) is 3.43. The van der Waals surface area contributed by atoms with E-state index in [0.29, 0.717) is 21.8 Å². The maximum Gasteiger partial charge on any atom is 0.233 e. The number of aromatic nitrogens is 4. The van der Waals surface area contributed by atoms with Crippen molar-refractivity contribution in [1.29, 1.82) is 0 Å². The number of piperazine rings is 1. The summed E-state index contributed by atoms with van der Waals surface area (Å²) >= 11 is 7.86. The highest BCUT2D eigenvalue weighted by Gasteiger charge is 2.23. The van der Waals surface area contributed by atoms with Crippen LogP contribution in [-0.4, -0.2) is 73.9 Å². The molecule has 1 saturated heterocycles. The van der Waals surface area contributed by atoms with Gasteiger partial charge >= 0.3 is 0 Å². The van der Waals surface area contributed by atoms with Crippen molar-refractivity contribution in [2.24, 2.45) is 0 Å². The summed E-state index contributed by atoms with van der Waals surface area (Å²) in [7, 11) is 0. The predicted octanol–water partition coefficient (Wildman–Crippen LogP) is 3.24. The molecule has 0 saturated carbocycles. The Labute approximate surface area is 185 Å². The van der Waals surface area contributed by atoms with E-state index in [2.05, 4.69) is 27.0 Å². The second-order valence-corrected chi connectivity index (χ2v) is 8.29. The molecule has 0 radical (unpaired) electrons. The van der Waals surface area contributed by atoms with Crippen LogP contribution in [0.2, 0.25) is 5.02 Å². The van der Waals surface area contributed by atoms with Gasteiger partial charge in [-0.05, 0) is 30.8 Å². The van der Waals surface area contributed by atoms with Gasteiger partial charge in [0.2, 0.25) is 5.91 Å². The Morgan fingerprint density at radius 3 is 2.60 bits per heavy atom. The molecule has 1 aromatic carbocycles. The van der Waals surface area contributed by atoms with Gasteiger partial charge in [-0.15, -0.1) is 10.2 Å². The summed E-state index contributed by atoms with van der Waals surface area (Å²) in [6.45, 7) is 6.56. The topological polar surface area (TPSA) is 67.2 Å². The van der Waals surface area contributed by atoms with Crippen molar-refractivity contribution < 1.29 is 4.79 Å². The zero-order chi connectivity index (χ0) is 20.9. The van der Waals surface area contributed by atoms with Crippen molar-refractivity contribution in [2.75, 3.05) is 38.5 Å². The van der Waals surface area contributed by atoms with Crippen molar-refractivity contribution in [1.82, 2.24) is 29.5 Å². The molecule has 1 fully saturated rings. The lowest BCUT2D eigenvalue weighted by Crippen LogP contribution is -2.49. The van der Waals surface area contributed by atoms with Crippen LogP contribution in [0.3, 0.4) is 0 Å². The lowest BCUT2D eigenvalue weighted by molar-refractivity contribution is -0.130. The first kappa shape index (κ1) is 20.8. The molecule has 0 spiro atoms. The third kappa shape index (κ3) is 4.50. The van der Waals surface area contributed by atoms with Gasteiger partial charge in [0.1, 0.15) is 0 Å². The monoisotopic (exact) mass is 442 g/mol. The Morgan fingerprint density at radius 2 is 1.90 bits per heavy atom. The quantitative estimate of drug-likeness (QED) is 0.546. The summed E-state index contributed by atoms with van der Waals surface area (Å²) in [4.78, 5) is 21.2. The number of pyridine rings is 1. The number of halogens is 1. The van der Waals surface area contributed by atoms with Crippen LogP contribution in [0.1, 0.15) is 6.92 Å². The van der Waals surface area contributed by atoms with Crippen molar-refractivity contribution in [2.45, 2.75) is 12.1 Å². The minimum absolute atomic E-state index is 0.118. The average molecular weight is 443 g/mol. The number of rotatable bonds is 6. The van der Waals surface area contributed by atoms with E-state index in [-0.39, 0.29) is 5.91 Å². The van der Waals surface area contributed by atoms with Gasteiger partial charge in [0.05, 0.1) is 16.5 Å². The molecule has 4 rings (SSSR count). The van der Waals surface area contributed by atoms with E-state index in [0.717, 1.165) is 44.0 Å². The van der Waals surface area contributed by atoms with Crippen LogP contribution >= 0.6 is 23.4 Å². The molecular weight excluding hydrogens is 420 g/mol. The number of benzene rings is 1. The molecule has 2 aromatic heterocycles. The highest BCUT2D eigenvalue weighted by molar-refractivity contribution is 7.99. The Balaban J connectivity index is 1.57. The lowest BCUT2D eigenvalue weighted by Gasteiger charge is -2.34. The molecule has 0 aliphatic carbocycles. The van der Waals surface area contributed by atoms with Gasteiger partial charge in [0, 0.05) is 44.1 Å². The van der Waals surface area contributed by atoms with Gasteiger partial charge in [-0.25, -0.2) is 0 Å². The minimum Gasteiger partial charge on any atom is -0.339 e. The third-order valence-electron chi connectivity index (χ3n) is 5.14. The molecule has 156 valence electrons. The predicted molar refractivity (Wildman–Crippen MR) is 119 cm³/mol. The Kier molecular flexibility index (Phi) is 6.66. The number of carbonyl (C=O) groups excluding carboxylic acids is 1. The molecule has 9 heteroatoms. The fourth-order valence-corrected chi connectivity index (χ4v) is 4.49. The maximum atomic E-state index is 12.8. The van der Waals surface area contributed by atoms with Crippen LogP contribution in [0.4, 0.5) is 0 Å². The third-order valence-corrected chi connectivity index (χ3v) is 6.38. The molecule has 3 heterocycles. The van der Waals surface area contributed by atoms with E-state index in [9.17, 15) is 4.79 Å². The first-order valence-electron chi connectivity index (χ1n) is 9.91. The Bertz CT molecular complexity index is 1000. The Morgan fingerprint density at radius 1 is 1.10 bits per heavy atom. The van der Waals surface area contributed by atoms with E-state index in [1.807, 2.05) is 45.9 Å². The molecule has 1 aliphatic rings. The fraction of sp³-hybridized carbons (Fsp3) is 0.333. The molecule has 0 unspecified atom stereocenters. The van der Waals surface area contributed by atoms with E-state index in [1.165, 1.54) is 11.8 Å². The number of amides is 1. The molecule has 1 aliphatic heterocycles. The van der Waals surface area contributed by atoms with E-state index in [1.54, 1.807) is 12.4 Å². The van der Waals surface area contributed by atoms with Crippen LogP contribution in [0, 0.1) is 0 Å². The summed E-state index contributed by atoms with van der Waals surface area (Å²) in [6, 6.07) is 11.3. The van der Waals surface area contributed by atoms with Crippen LogP contribution in [0.15, 0.2) is 53.9 Å². The summed E-state index contributed by atoms with van der Waals surface area (Å²) in [5.41, 5.74) is 1.60. The van der Waals surface area contributed by atoms with Crippen LogP contribution in [0.25, 0.3) is 17.1 Å². The average Bonchev–Trinajstić information content (AvgIpc) is 3.22. The highest BCUT2D eigenvalue weighted by atomic mass is 35.5. The van der Waals surface area contributed by atoms with Crippen molar-refractivity contribution in [3.8, 4) is 17.1 Å². The first-order chi connectivity index (χ1) is 14.7. The second kappa shape index (κ2) is 9.59. The maximum absolute atomic E-state index is 12.8. The molecule has 3 aromatic rings. The largest absolute Gasteiger partial charge is 0.339 e. The summed E-state index contributed by atoms with van der Waals surface area (Å²) < 4.78 is 1.90. The van der Waals surface area contributed by atoms with Crippen LogP contribution in [-0.2, 0) is 4.79 Å². The van der Waals surface area contributed by atoms with Crippen molar-refractivity contribution in [3.05, 3.63) is 53.8 Å². The number of para-hydroxylation sites is 1. The number of likely N-dealkylation sites (N-methyl/N-ethyl adjacent to an activating group) is 1. The molecule has 1 amide bonds. The van der Waals surface area contributed by atoms with E-state index < -0.39 is 0 Å². The zero-order valence-corrected chi connectivity index (χ0v) is 18.3. The van der Waals surface area contributed by atoms with Crippen LogP contribution in [0.5, 0.6) is 0 Å². The Hall–Kier alpha value is -2.42. The molecule has 7 nitrogen and oxygen atoms in total. The summed E-state index contributed by atoms with van der Waals surface area (Å²) in [5, 5.41) is 9.96. The van der Waals surface area contributed by atoms with Crippen LogP contribution < -0.4 is 0 Å². The van der Waals surface area contributed by atoms with Gasteiger partial charge in [-0.3, -0.25) is 14.3 Å². The van der Waals surface area contributed by atoms with Gasteiger partial charge in [0.15, 0.2) is 11.0 Å². The number of nitrogens with zero attached hydrogens (tertiary/aromatic N) is 6. The van der Waals surface area contributed by atoms with E-state index in [4.69, 9.17) is 11.6 Å². The molecule has 0 N–H and O–H groups in total.